The fourth-order valence-electron chi connectivity index (χ4n) is 0.844. The van der Waals surface area contributed by atoms with Crippen molar-refractivity contribution in [1.29, 1.82) is 0 Å². The fraction of sp³-hybridized carbons (Fsp3) is 0.250. The minimum absolute atomic E-state index is 0.591. The van der Waals surface area contributed by atoms with Crippen LogP contribution in [0.3, 0.4) is 0 Å². The molecule has 0 unspecified atom stereocenters. The molecule has 0 heterocycles. The summed E-state index contributed by atoms with van der Waals surface area (Å²) in [6, 6.07) is 5.39. The van der Waals surface area contributed by atoms with Crippen molar-refractivity contribution in [1.82, 2.24) is 0 Å². The molecule has 0 fully saturated rings. The van der Waals surface area contributed by atoms with Crippen LogP contribution in [-0.4, -0.2) is 18.1 Å². The lowest BCUT2D eigenvalue weighted by atomic mass is 10.4. The molecule has 0 atom stereocenters. The molecular formula is C8H5F6IO3S+. The molecule has 109 valence electrons. The molecule has 1 aromatic rings. The number of alkyl halides is 7. The largest absolute Gasteiger partial charge is 0.598 e. The number of hydrogen-bond donors (Lipinski definition) is 0. The summed E-state index contributed by atoms with van der Waals surface area (Å²) >= 11 is -5.02. The first kappa shape index (κ1) is 16.5. The van der Waals surface area contributed by atoms with Gasteiger partial charge in [0.1, 0.15) is 0 Å². The van der Waals surface area contributed by atoms with Crippen molar-refractivity contribution in [2.75, 3.05) is 0 Å². The maximum Gasteiger partial charge on any atom is 0.598 e. The number of rotatable bonds is 3. The zero-order chi connectivity index (χ0) is 14.9. The van der Waals surface area contributed by atoms with E-state index in [9.17, 15) is 34.8 Å². The lowest BCUT2D eigenvalue weighted by Gasteiger charge is -2.09. The van der Waals surface area contributed by atoms with E-state index in [4.69, 9.17) is 0 Å². The predicted octanol–water partition coefficient (Wildman–Crippen LogP) is -0.218. The standard InChI is InChI=1S/C8H5F6IO3S/c9-7(10,11)15(6-4-2-1-3-5-6)18-19(16,17)8(12,13)14/h1-5H/q+1. The molecule has 3 nitrogen and oxygen atoms in total. The molecular weight excluding hydrogens is 417 g/mol. The van der Waals surface area contributed by atoms with Crippen LogP contribution >= 0.6 is 0 Å². The van der Waals surface area contributed by atoms with Crippen LogP contribution in [-0.2, 0) is 12.6 Å². The first-order valence-corrected chi connectivity index (χ1v) is 8.73. The van der Waals surface area contributed by atoms with Crippen molar-refractivity contribution >= 4 is 10.1 Å². The first-order chi connectivity index (χ1) is 8.45. The second-order valence-corrected chi connectivity index (χ2v) is 9.40. The summed E-state index contributed by atoms with van der Waals surface area (Å²) in [5, 5.41) is 0. The molecule has 0 aliphatic heterocycles. The maximum atomic E-state index is 12.6. The summed E-state index contributed by atoms with van der Waals surface area (Å²) in [6.45, 7) is 0. The van der Waals surface area contributed by atoms with Crippen LogP contribution in [0.2, 0.25) is 0 Å². The van der Waals surface area contributed by atoms with Gasteiger partial charge < -0.3 is 0 Å². The molecule has 0 amide bonds. The van der Waals surface area contributed by atoms with Crippen molar-refractivity contribution in [2.45, 2.75) is 9.69 Å². The molecule has 0 aromatic heterocycles. The van der Waals surface area contributed by atoms with Crippen LogP contribution in [0, 0.1) is 3.57 Å². The van der Waals surface area contributed by atoms with Crippen LogP contribution in [0.1, 0.15) is 0 Å². The topological polar surface area (TPSA) is 43.4 Å². The Morgan fingerprint density at radius 3 is 1.79 bits per heavy atom. The van der Waals surface area contributed by atoms with Gasteiger partial charge in [-0.1, -0.05) is 18.2 Å². The summed E-state index contributed by atoms with van der Waals surface area (Å²) in [7, 11) is -6.28. The third kappa shape index (κ3) is 4.21. The summed E-state index contributed by atoms with van der Waals surface area (Å²) in [5.41, 5.74) is -5.89. The van der Waals surface area contributed by atoms with E-state index in [2.05, 4.69) is 2.51 Å². The molecule has 0 saturated heterocycles. The molecule has 1 radical (unpaired) electrons. The smallest absolute Gasteiger partial charge is 0.186 e. The highest BCUT2D eigenvalue weighted by atomic mass is 127. The van der Waals surface area contributed by atoms with Gasteiger partial charge in [-0.15, -0.1) is 13.2 Å². The maximum absolute atomic E-state index is 12.6. The third-order valence-corrected chi connectivity index (χ3v) is 7.87. The van der Waals surface area contributed by atoms with Gasteiger partial charge in [0.25, 0.3) is 0 Å². The van der Waals surface area contributed by atoms with Gasteiger partial charge in [-0.25, -0.2) is 0 Å². The van der Waals surface area contributed by atoms with Gasteiger partial charge in [0.15, 0.2) is 3.57 Å². The number of halogens is 7. The molecule has 1 aromatic carbocycles. The van der Waals surface area contributed by atoms with E-state index in [0.29, 0.717) is 0 Å². The van der Waals surface area contributed by atoms with E-state index in [1.54, 1.807) is 0 Å². The van der Waals surface area contributed by atoms with Crippen LogP contribution in [0.4, 0.5) is 26.3 Å². The van der Waals surface area contributed by atoms with Crippen LogP contribution in [0.5, 0.6) is 0 Å². The highest BCUT2D eigenvalue weighted by molar-refractivity contribution is 7.87. The summed E-state index contributed by atoms with van der Waals surface area (Å²) in [5.74, 6) is 0. The van der Waals surface area contributed by atoms with E-state index in [1.807, 2.05) is 0 Å². The fourth-order valence-corrected chi connectivity index (χ4v) is 6.27. The molecule has 0 aliphatic rings. The van der Waals surface area contributed by atoms with Gasteiger partial charge >= 0.3 is 40.0 Å². The minimum Gasteiger partial charge on any atom is -0.186 e. The van der Waals surface area contributed by atoms with E-state index in [1.165, 1.54) is 6.07 Å². The molecule has 11 heteroatoms. The summed E-state index contributed by atoms with van der Waals surface area (Å²) in [4.78, 5) is 0. The SMILES string of the molecule is O=S(=O)(O[I+](c1ccccc1)C(F)(F)F)C(F)(F)F. The van der Waals surface area contributed by atoms with E-state index < -0.39 is 43.6 Å². The molecule has 0 spiro atoms. The zero-order valence-corrected chi connectivity index (χ0v) is 11.6. The Bertz CT molecular complexity index is 524. The van der Waals surface area contributed by atoms with Gasteiger partial charge in [-0.05, 0) is 14.6 Å². The van der Waals surface area contributed by atoms with Crippen molar-refractivity contribution in [3.05, 3.63) is 33.9 Å². The quantitative estimate of drug-likeness (QED) is 0.293. The Balaban J connectivity index is 3.17. The van der Waals surface area contributed by atoms with Crippen molar-refractivity contribution in [3.63, 3.8) is 0 Å². The van der Waals surface area contributed by atoms with Gasteiger partial charge in [0, 0.05) is 0 Å². The van der Waals surface area contributed by atoms with E-state index >= 15 is 0 Å². The van der Waals surface area contributed by atoms with Crippen LogP contribution in [0.15, 0.2) is 30.3 Å². The van der Waals surface area contributed by atoms with Crippen LogP contribution < -0.4 is 20.2 Å². The predicted molar refractivity (Wildman–Crippen MR) is 47.3 cm³/mol. The Morgan fingerprint density at radius 2 is 1.42 bits per heavy atom. The lowest BCUT2D eigenvalue weighted by Crippen LogP contribution is -3.89. The van der Waals surface area contributed by atoms with Gasteiger partial charge in [0.2, 0.25) is 0 Å². The molecule has 1 rings (SSSR count). The highest BCUT2D eigenvalue weighted by Gasteiger charge is 2.64. The van der Waals surface area contributed by atoms with Gasteiger partial charge in [-0.3, -0.25) is 0 Å². The van der Waals surface area contributed by atoms with E-state index in [0.717, 1.165) is 24.3 Å². The average molecular weight is 422 g/mol. The number of benzene rings is 1. The Morgan fingerprint density at radius 1 is 0.947 bits per heavy atom. The third-order valence-electron chi connectivity index (χ3n) is 1.56. The lowest BCUT2D eigenvalue weighted by molar-refractivity contribution is -1.13. The van der Waals surface area contributed by atoms with Crippen molar-refractivity contribution in [3.8, 4) is 0 Å². The summed E-state index contributed by atoms with van der Waals surface area (Å²) in [6.07, 6.45) is 0. The Hall–Kier alpha value is -0.560. The monoisotopic (exact) mass is 422 g/mol. The average Bonchev–Trinajstić information content (AvgIpc) is 2.24. The highest BCUT2D eigenvalue weighted by Crippen LogP contribution is 2.22. The van der Waals surface area contributed by atoms with Crippen molar-refractivity contribution in [2.24, 2.45) is 0 Å². The van der Waals surface area contributed by atoms with Gasteiger partial charge in [-0.2, -0.15) is 21.6 Å². The molecule has 0 saturated carbocycles. The number of hydrogen-bond acceptors (Lipinski definition) is 3. The molecule has 0 bridgehead atoms. The minimum atomic E-state index is -6.28. The molecule has 19 heavy (non-hydrogen) atoms. The molecule has 0 N–H and O–H groups in total. The molecule has 0 aliphatic carbocycles. The second kappa shape index (κ2) is 5.44. The van der Waals surface area contributed by atoms with Crippen LogP contribution in [0.25, 0.3) is 0 Å². The van der Waals surface area contributed by atoms with Crippen molar-refractivity contribution < 1.29 is 57.5 Å². The summed E-state index contributed by atoms with van der Waals surface area (Å²) < 4.78 is 93.1. The van der Waals surface area contributed by atoms with Gasteiger partial charge in [0.05, 0.1) is 0 Å². The zero-order valence-electron chi connectivity index (χ0n) is 8.67. The normalized spacial score (nSPS) is 13.8. The Kier molecular flexibility index (Phi) is 4.72. The Labute approximate surface area is 111 Å². The first-order valence-electron chi connectivity index (χ1n) is 4.28. The second-order valence-electron chi connectivity index (χ2n) is 2.94. The van der Waals surface area contributed by atoms with E-state index in [-0.39, 0.29) is 0 Å².